The molecule has 0 amide bonds. The van der Waals surface area contributed by atoms with Crippen molar-refractivity contribution in [2.45, 2.75) is 38.5 Å². The maximum absolute atomic E-state index is 8.94. The first-order valence-corrected chi connectivity index (χ1v) is 11.7. The predicted octanol–water partition coefficient (Wildman–Crippen LogP) is 5.03. The Balaban J connectivity index is 1.19. The molecule has 5 rings (SSSR count). The second-order valence-corrected chi connectivity index (χ2v) is 9.13. The number of ether oxygens (including phenoxy) is 2. The van der Waals surface area contributed by atoms with Crippen molar-refractivity contribution >= 4 is 0 Å². The molecular formula is C28H30N2O2. The van der Waals surface area contributed by atoms with Crippen LogP contribution in [0.4, 0.5) is 0 Å². The fourth-order valence-electron chi connectivity index (χ4n) is 4.90. The topological polar surface area (TPSA) is 45.5 Å². The summed E-state index contributed by atoms with van der Waals surface area (Å²) in [4.78, 5) is 2.59. The molecule has 4 nitrogen and oxygen atoms in total. The third-order valence-electron chi connectivity index (χ3n) is 6.93. The van der Waals surface area contributed by atoms with Gasteiger partial charge in [0.15, 0.2) is 0 Å². The molecule has 0 saturated carbocycles. The molecule has 2 aromatic rings. The van der Waals surface area contributed by atoms with Gasteiger partial charge in [-0.1, -0.05) is 42.5 Å². The van der Waals surface area contributed by atoms with Crippen molar-refractivity contribution in [1.29, 1.82) is 5.26 Å². The average molecular weight is 427 g/mol. The molecule has 0 N–H and O–H groups in total. The highest BCUT2D eigenvalue weighted by atomic mass is 16.5. The van der Waals surface area contributed by atoms with Crippen LogP contribution in [-0.4, -0.2) is 30.7 Å². The van der Waals surface area contributed by atoms with Gasteiger partial charge in [0.1, 0.15) is 12.4 Å². The number of hydrogen-bond acceptors (Lipinski definition) is 4. The lowest BCUT2D eigenvalue weighted by atomic mass is 9.82. The van der Waals surface area contributed by atoms with E-state index >= 15 is 0 Å². The van der Waals surface area contributed by atoms with Crippen molar-refractivity contribution in [3.8, 4) is 11.8 Å². The quantitative estimate of drug-likeness (QED) is 0.623. The molecule has 0 radical (unpaired) electrons. The Morgan fingerprint density at radius 1 is 1.03 bits per heavy atom. The van der Waals surface area contributed by atoms with Gasteiger partial charge in [-0.2, -0.15) is 5.26 Å². The minimum absolute atomic E-state index is 0.455. The third kappa shape index (κ3) is 4.96. The van der Waals surface area contributed by atoms with Crippen LogP contribution in [0, 0.1) is 23.2 Å². The van der Waals surface area contributed by atoms with Crippen LogP contribution >= 0.6 is 0 Å². The SMILES string of the molecule is N#Cc1ccc(COc2ccc3c(c2)CN(CC2C=CC=C[C@@H]2CC2CCO2)CC3)cc1. The summed E-state index contributed by atoms with van der Waals surface area (Å²) in [6.45, 7) is 4.62. The lowest BCUT2D eigenvalue weighted by Gasteiger charge is -2.36. The first kappa shape index (κ1) is 21.0. The van der Waals surface area contributed by atoms with E-state index in [1.165, 1.54) is 17.5 Å². The molecule has 2 aliphatic heterocycles. The fourth-order valence-corrected chi connectivity index (χ4v) is 4.90. The lowest BCUT2D eigenvalue weighted by molar-refractivity contribution is -0.0628. The molecule has 2 unspecified atom stereocenters. The smallest absolute Gasteiger partial charge is 0.120 e. The number of benzene rings is 2. The number of nitriles is 1. The Bertz CT molecular complexity index is 1030. The van der Waals surface area contributed by atoms with Crippen LogP contribution in [0.2, 0.25) is 0 Å². The van der Waals surface area contributed by atoms with E-state index in [4.69, 9.17) is 14.7 Å². The maximum atomic E-state index is 8.94. The van der Waals surface area contributed by atoms with Crippen LogP contribution in [0.5, 0.6) is 5.75 Å². The highest BCUT2D eigenvalue weighted by Gasteiger charge is 2.28. The molecule has 32 heavy (non-hydrogen) atoms. The molecule has 2 heterocycles. The van der Waals surface area contributed by atoms with E-state index in [1.807, 2.05) is 24.3 Å². The molecule has 0 spiro atoms. The predicted molar refractivity (Wildman–Crippen MR) is 125 cm³/mol. The standard InChI is InChI=1S/C28H30N2O2/c29-17-21-5-7-22(8-6-21)20-32-27-10-9-23-11-13-30(19-26(23)16-27)18-25-4-2-1-3-24(25)15-28-12-14-31-28/h1-10,16,24-25,28H,11-15,18-20H2/t24-,25?,28?/m1/s1. The van der Waals surface area contributed by atoms with Gasteiger partial charge in [0, 0.05) is 26.2 Å². The fraction of sp³-hybridized carbons (Fsp3) is 0.393. The molecule has 1 aliphatic carbocycles. The van der Waals surface area contributed by atoms with Gasteiger partial charge >= 0.3 is 0 Å². The summed E-state index contributed by atoms with van der Waals surface area (Å²) in [6.07, 6.45) is 13.1. The summed E-state index contributed by atoms with van der Waals surface area (Å²) in [7, 11) is 0. The number of rotatable bonds is 7. The largest absolute Gasteiger partial charge is 0.489 e. The van der Waals surface area contributed by atoms with Crippen LogP contribution in [0.3, 0.4) is 0 Å². The Labute approximate surface area is 190 Å². The number of fused-ring (bicyclic) bond motifs is 1. The van der Waals surface area contributed by atoms with Crippen molar-refractivity contribution in [3.05, 3.63) is 89.0 Å². The van der Waals surface area contributed by atoms with Crippen LogP contribution in [0.25, 0.3) is 0 Å². The lowest BCUT2D eigenvalue weighted by Crippen LogP contribution is -2.38. The molecule has 1 fully saturated rings. The molecule has 1 saturated heterocycles. The molecule has 3 atom stereocenters. The minimum Gasteiger partial charge on any atom is -0.489 e. The van der Waals surface area contributed by atoms with Crippen molar-refractivity contribution in [3.63, 3.8) is 0 Å². The number of allylic oxidation sites excluding steroid dienone is 3. The van der Waals surface area contributed by atoms with Gasteiger partial charge in [-0.05, 0) is 72.1 Å². The summed E-state index contributed by atoms with van der Waals surface area (Å²) in [5.74, 6) is 2.05. The molecule has 4 heteroatoms. The zero-order valence-electron chi connectivity index (χ0n) is 18.5. The van der Waals surface area contributed by atoms with E-state index in [0.29, 0.717) is 30.1 Å². The normalized spacial score (nSPS) is 24.4. The highest BCUT2D eigenvalue weighted by molar-refractivity contribution is 5.38. The number of hydrogen-bond donors (Lipinski definition) is 0. The van der Waals surface area contributed by atoms with E-state index in [1.54, 1.807) is 0 Å². The van der Waals surface area contributed by atoms with E-state index in [0.717, 1.165) is 50.4 Å². The van der Waals surface area contributed by atoms with E-state index < -0.39 is 0 Å². The van der Waals surface area contributed by atoms with Crippen molar-refractivity contribution in [2.24, 2.45) is 11.8 Å². The van der Waals surface area contributed by atoms with Crippen LogP contribution in [-0.2, 0) is 24.3 Å². The Morgan fingerprint density at radius 3 is 2.59 bits per heavy atom. The molecular weight excluding hydrogens is 396 g/mol. The van der Waals surface area contributed by atoms with Crippen LogP contribution in [0.15, 0.2) is 66.8 Å². The van der Waals surface area contributed by atoms with Gasteiger partial charge in [0.25, 0.3) is 0 Å². The molecule has 164 valence electrons. The second-order valence-electron chi connectivity index (χ2n) is 9.13. The van der Waals surface area contributed by atoms with Gasteiger partial charge in [-0.3, -0.25) is 4.90 Å². The monoisotopic (exact) mass is 426 g/mol. The van der Waals surface area contributed by atoms with Crippen LogP contribution in [0.1, 0.15) is 35.1 Å². The first-order chi connectivity index (χ1) is 15.8. The summed E-state index contributed by atoms with van der Waals surface area (Å²) in [5.41, 5.74) is 4.56. The van der Waals surface area contributed by atoms with Crippen molar-refractivity contribution in [2.75, 3.05) is 19.7 Å². The summed E-state index contributed by atoms with van der Waals surface area (Å²) < 4.78 is 11.8. The second kappa shape index (κ2) is 9.73. The van der Waals surface area contributed by atoms with Gasteiger partial charge in [-0.25, -0.2) is 0 Å². The summed E-state index contributed by atoms with van der Waals surface area (Å²) in [6, 6.07) is 16.3. The summed E-state index contributed by atoms with van der Waals surface area (Å²) >= 11 is 0. The van der Waals surface area contributed by atoms with Gasteiger partial charge < -0.3 is 9.47 Å². The Hall–Kier alpha value is -2.87. The molecule has 2 aromatic carbocycles. The van der Waals surface area contributed by atoms with Crippen molar-refractivity contribution < 1.29 is 9.47 Å². The Kier molecular flexibility index (Phi) is 6.39. The zero-order chi connectivity index (χ0) is 21.8. The average Bonchev–Trinajstić information content (AvgIpc) is 2.81. The molecule has 0 aromatic heterocycles. The van der Waals surface area contributed by atoms with E-state index in [9.17, 15) is 0 Å². The van der Waals surface area contributed by atoms with E-state index in [-0.39, 0.29) is 0 Å². The maximum Gasteiger partial charge on any atom is 0.120 e. The van der Waals surface area contributed by atoms with Crippen LogP contribution < -0.4 is 4.74 Å². The highest BCUT2D eigenvalue weighted by Crippen LogP contribution is 2.31. The van der Waals surface area contributed by atoms with Gasteiger partial charge in [-0.15, -0.1) is 0 Å². The summed E-state index contributed by atoms with van der Waals surface area (Å²) in [5, 5.41) is 8.94. The first-order valence-electron chi connectivity index (χ1n) is 11.7. The minimum atomic E-state index is 0.455. The molecule has 0 bridgehead atoms. The third-order valence-corrected chi connectivity index (χ3v) is 6.93. The van der Waals surface area contributed by atoms with E-state index in [2.05, 4.69) is 53.5 Å². The van der Waals surface area contributed by atoms with Gasteiger partial charge in [0.2, 0.25) is 0 Å². The van der Waals surface area contributed by atoms with Crippen molar-refractivity contribution in [1.82, 2.24) is 4.90 Å². The number of nitrogens with zero attached hydrogens (tertiary/aromatic N) is 2. The Morgan fingerprint density at radius 2 is 1.84 bits per heavy atom. The molecule has 3 aliphatic rings. The zero-order valence-corrected chi connectivity index (χ0v) is 18.5. The van der Waals surface area contributed by atoms with Gasteiger partial charge in [0.05, 0.1) is 17.7 Å².